The fourth-order valence-electron chi connectivity index (χ4n) is 5.43. The minimum atomic E-state index is -0.0427. The van der Waals surface area contributed by atoms with Gasteiger partial charge in [0.15, 0.2) is 0 Å². The predicted molar refractivity (Wildman–Crippen MR) is 70.4 cm³/mol. The van der Waals surface area contributed by atoms with Gasteiger partial charge in [-0.1, -0.05) is 20.8 Å². The maximum atomic E-state index is 7.61. The van der Waals surface area contributed by atoms with Crippen molar-refractivity contribution in [3.63, 3.8) is 0 Å². The monoisotopic (exact) mass is 231 g/mol. The molecule has 0 aliphatic heterocycles. The van der Waals surface area contributed by atoms with Gasteiger partial charge >= 0.3 is 0 Å². The second kappa shape index (κ2) is 3.28. The molecular formula is C16H25N. The first-order valence-corrected chi connectivity index (χ1v) is 7.30. The Kier molecular flexibility index (Phi) is 2.23. The third kappa shape index (κ3) is 1.36. The molecule has 1 nitrogen and oxygen atoms in total. The summed E-state index contributed by atoms with van der Waals surface area (Å²) in [5.41, 5.74) is 0.532. The summed E-state index contributed by atoms with van der Waals surface area (Å²) in [5.74, 6) is 4.23. The van der Waals surface area contributed by atoms with Gasteiger partial charge in [0.05, 0.1) is 0 Å². The fourth-order valence-corrected chi connectivity index (χ4v) is 5.43. The molecule has 17 heavy (non-hydrogen) atoms. The van der Waals surface area contributed by atoms with Crippen molar-refractivity contribution < 1.29 is 0 Å². The zero-order valence-corrected chi connectivity index (χ0v) is 11.7. The van der Waals surface area contributed by atoms with Gasteiger partial charge in [-0.2, -0.15) is 0 Å². The molecule has 94 valence electrons. The van der Waals surface area contributed by atoms with E-state index in [2.05, 4.69) is 32.5 Å². The Morgan fingerprint density at radius 3 is 2.41 bits per heavy atom. The third-order valence-corrected chi connectivity index (χ3v) is 6.62. The van der Waals surface area contributed by atoms with E-state index in [0.29, 0.717) is 11.3 Å². The highest BCUT2D eigenvalue weighted by Crippen LogP contribution is 2.71. The molecule has 0 saturated heterocycles. The van der Waals surface area contributed by atoms with Crippen molar-refractivity contribution in [2.75, 3.05) is 0 Å². The molecule has 3 fully saturated rings. The van der Waals surface area contributed by atoms with Gasteiger partial charge in [-0.3, -0.25) is 0 Å². The first-order chi connectivity index (χ1) is 7.92. The molecule has 0 N–H and O–H groups in total. The Morgan fingerprint density at radius 1 is 1.06 bits per heavy atom. The minimum Gasteiger partial charge on any atom is -0.310 e. The van der Waals surface area contributed by atoms with Crippen molar-refractivity contribution in [3.8, 4) is 0 Å². The molecule has 0 aromatic carbocycles. The van der Waals surface area contributed by atoms with Gasteiger partial charge in [-0.25, -0.2) is 6.57 Å². The van der Waals surface area contributed by atoms with Crippen LogP contribution in [0.5, 0.6) is 0 Å². The van der Waals surface area contributed by atoms with E-state index >= 15 is 0 Å². The average molecular weight is 231 g/mol. The topological polar surface area (TPSA) is 4.36 Å². The van der Waals surface area contributed by atoms with Crippen LogP contribution in [-0.4, -0.2) is 5.54 Å². The maximum absolute atomic E-state index is 7.61. The van der Waals surface area contributed by atoms with Crippen molar-refractivity contribution in [3.05, 3.63) is 11.4 Å². The molecule has 0 radical (unpaired) electrons. The van der Waals surface area contributed by atoms with Crippen LogP contribution in [0.25, 0.3) is 4.85 Å². The Labute approximate surface area is 106 Å². The standard InChI is InChI=1S/C16H25N/c1-10-6-7-11-13(10)14-12(15(14,2)3)8-9-16(11,4)17-5/h10-14H,6-9H2,1-4H3/t10-,11-,12-,13-,14-,16-/m1/s1. The molecule has 3 aliphatic rings. The summed E-state index contributed by atoms with van der Waals surface area (Å²) >= 11 is 0. The molecule has 6 atom stereocenters. The first-order valence-electron chi connectivity index (χ1n) is 7.30. The molecule has 0 heterocycles. The smallest absolute Gasteiger partial charge is 0.232 e. The summed E-state index contributed by atoms with van der Waals surface area (Å²) in [4.78, 5) is 4.07. The van der Waals surface area contributed by atoms with Gasteiger partial charge in [-0.05, 0) is 48.3 Å². The second-order valence-electron chi connectivity index (χ2n) is 7.70. The lowest BCUT2D eigenvalue weighted by Crippen LogP contribution is -2.35. The number of hydrogen-bond acceptors (Lipinski definition) is 0. The highest BCUT2D eigenvalue weighted by Gasteiger charge is 2.68. The number of hydrogen-bond donors (Lipinski definition) is 0. The van der Waals surface area contributed by atoms with Crippen molar-refractivity contribution in [1.82, 2.24) is 0 Å². The Balaban J connectivity index is 1.97. The third-order valence-electron chi connectivity index (χ3n) is 6.62. The molecule has 1 heteroatoms. The lowest BCUT2D eigenvalue weighted by Gasteiger charge is -2.30. The Hall–Kier alpha value is -0.510. The summed E-state index contributed by atoms with van der Waals surface area (Å²) in [5, 5.41) is 0. The zero-order chi connectivity index (χ0) is 12.4. The Bertz CT molecular complexity index is 377. The van der Waals surface area contributed by atoms with Crippen LogP contribution >= 0.6 is 0 Å². The van der Waals surface area contributed by atoms with Crippen LogP contribution in [0.15, 0.2) is 0 Å². The summed E-state index contributed by atoms with van der Waals surface area (Å²) in [7, 11) is 0. The molecule has 3 aliphatic carbocycles. The summed E-state index contributed by atoms with van der Waals surface area (Å²) in [6.45, 7) is 17.2. The summed E-state index contributed by atoms with van der Waals surface area (Å²) in [6, 6.07) is 0. The van der Waals surface area contributed by atoms with Crippen LogP contribution in [-0.2, 0) is 0 Å². The largest absolute Gasteiger partial charge is 0.310 e. The van der Waals surface area contributed by atoms with E-state index in [4.69, 9.17) is 6.57 Å². The molecule has 0 unspecified atom stereocenters. The van der Waals surface area contributed by atoms with Crippen molar-refractivity contribution in [2.24, 2.45) is 35.0 Å². The van der Waals surface area contributed by atoms with Crippen molar-refractivity contribution in [2.45, 2.75) is 58.9 Å². The number of rotatable bonds is 0. The van der Waals surface area contributed by atoms with E-state index in [1.807, 2.05) is 0 Å². The summed E-state index contributed by atoms with van der Waals surface area (Å²) in [6.07, 6.45) is 5.12. The van der Waals surface area contributed by atoms with Crippen LogP contribution in [0.1, 0.15) is 53.4 Å². The van der Waals surface area contributed by atoms with Crippen LogP contribution in [0, 0.1) is 41.6 Å². The van der Waals surface area contributed by atoms with Gasteiger partial charge in [0.2, 0.25) is 5.54 Å². The lowest BCUT2D eigenvalue weighted by atomic mass is 9.73. The predicted octanol–water partition coefficient (Wildman–Crippen LogP) is 4.39. The first kappa shape index (κ1) is 11.6. The number of fused-ring (bicyclic) bond motifs is 3. The SMILES string of the molecule is [C-]#[N+][C@]1(C)CC[C@@H]2[C@H]([C@@H]3[C@H](C)CC[C@H]31)C2(C)C. The Morgan fingerprint density at radius 2 is 1.76 bits per heavy atom. The molecule has 0 spiro atoms. The number of nitrogens with zero attached hydrogens (tertiary/aromatic N) is 1. The van der Waals surface area contributed by atoms with E-state index in [1.54, 1.807) is 0 Å². The molecule has 3 rings (SSSR count). The highest BCUT2D eigenvalue weighted by atomic mass is 14.9. The van der Waals surface area contributed by atoms with Crippen LogP contribution in [0.2, 0.25) is 0 Å². The molecule has 0 aromatic heterocycles. The highest BCUT2D eigenvalue weighted by molar-refractivity contribution is 5.18. The quantitative estimate of drug-likeness (QED) is 0.544. The van der Waals surface area contributed by atoms with E-state index in [0.717, 1.165) is 30.1 Å². The average Bonchev–Trinajstić information content (AvgIpc) is 2.65. The van der Waals surface area contributed by atoms with E-state index in [1.165, 1.54) is 19.3 Å². The van der Waals surface area contributed by atoms with E-state index in [9.17, 15) is 0 Å². The van der Waals surface area contributed by atoms with Crippen molar-refractivity contribution in [1.29, 1.82) is 0 Å². The van der Waals surface area contributed by atoms with Crippen LogP contribution < -0.4 is 0 Å². The minimum absolute atomic E-state index is 0.0427. The van der Waals surface area contributed by atoms with Crippen LogP contribution in [0.4, 0.5) is 0 Å². The maximum Gasteiger partial charge on any atom is 0.232 e. The van der Waals surface area contributed by atoms with Crippen molar-refractivity contribution >= 4 is 0 Å². The molecule has 0 amide bonds. The molecule has 0 bridgehead atoms. The van der Waals surface area contributed by atoms with Gasteiger partial charge < -0.3 is 4.85 Å². The molecule has 3 saturated carbocycles. The van der Waals surface area contributed by atoms with Gasteiger partial charge in [0.1, 0.15) is 0 Å². The van der Waals surface area contributed by atoms with E-state index in [-0.39, 0.29) is 5.54 Å². The lowest BCUT2D eigenvalue weighted by molar-refractivity contribution is 0.198. The van der Waals surface area contributed by atoms with Crippen LogP contribution in [0.3, 0.4) is 0 Å². The van der Waals surface area contributed by atoms with Gasteiger partial charge in [0.25, 0.3) is 0 Å². The van der Waals surface area contributed by atoms with Gasteiger partial charge in [0, 0.05) is 19.3 Å². The summed E-state index contributed by atoms with van der Waals surface area (Å²) < 4.78 is 0. The second-order valence-corrected chi connectivity index (χ2v) is 7.70. The molecule has 0 aromatic rings. The zero-order valence-electron chi connectivity index (χ0n) is 11.7. The van der Waals surface area contributed by atoms with E-state index < -0.39 is 0 Å². The fraction of sp³-hybridized carbons (Fsp3) is 0.938. The van der Waals surface area contributed by atoms with Gasteiger partial charge in [-0.15, -0.1) is 0 Å². The normalized spacial score (nSPS) is 55.4. The molecular weight excluding hydrogens is 206 g/mol.